The van der Waals surface area contributed by atoms with E-state index >= 15 is 0 Å². The molecule has 0 rings (SSSR count). The molecular weight excluding hydrogens is 208 g/mol. The molecule has 0 amide bonds. The van der Waals surface area contributed by atoms with Crippen LogP contribution < -0.4 is 0 Å². The van der Waals surface area contributed by atoms with Crippen LogP contribution in [0.15, 0.2) is 12.7 Å². The van der Waals surface area contributed by atoms with Crippen LogP contribution in [0.4, 0.5) is 0 Å². The first-order chi connectivity index (χ1) is 7.35. The van der Waals surface area contributed by atoms with Gasteiger partial charge in [-0.3, -0.25) is 0 Å². The Balaban J connectivity index is 3.31. The predicted octanol–water partition coefficient (Wildman–Crippen LogP) is 2.54. The van der Waals surface area contributed by atoms with Crippen LogP contribution in [0, 0.1) is 0 Å². The number of rotatable bonds is 11. The van der Waals surface area contributed by atoms with Crippen LogP contribution in [0.25, 0.3) is 0 Å². The van der Waals surface area contributed by atoms with Crippen LogP contribution in [-0.2, 0) is 13.3 Å². The maximum absolute atomic E-state index is 5.57. The summed E-state index contributed by atoms with van der Waals surface area (Å²) in [6.45, 7) is 9.73. The molecule has 0 aliphatic heterocycles. The summed E-state index contributed by atoms with van der Waals surface area (Å²) in [5.41, 5.74) is 0. The lowest BCUT2D eigenvalue weighted by molar-refractivity contribution is 0.100. The van der Waals surface area contributed by atoms with Gasteiger partial charge in [0.25, 0.3) is 0 Å². The molecule has 0 unspecified atom stereocenters. The number of unbranched alkanes of at least 4 members (excludes halogenated alkanes) is 3. The van der Waals surface area contributed by atoms with E-state index in [9.17, 15) is 0 Å². The highest BCUT2D eigenvalue weighted by Crippen LogP contribution is 2.02. The Morgan fingerprint density at radius 3 is 2.20 bits per heavy atom. The summed E-state index contributed by atoms with van der Waals surface area (Å²) in [4.78, 5) is 0. The molecule has 0 aliphatic carbocycles. The molecule has 0 aromatic heterocycles. The average Bonchev–Trinajstić information content (AvgIpc) is 2.24. The second-order valence-electron chi connectivity index (χ2n) is 3.21. The zero-order valence-corrected chi connectivity index (χ0v) is 11.2. The van der Waals surface area contributed by atoms with Crippen molar-refractivity contribution in [1.82, 2.24) is 0 Å². The summed E-state index contributed by atoms with van der Waals surface area (Å²) < 4.78 is 16.3. The highest BCUT2D eigenvalue weighted by Gasteiger charge is 2.12. The first kappa shape index (κ1) is 14.8. The predicted molar refractivity (Wildman–Crippen MR) is 65.0 cm³/mol. The van der Waals surface area contributed by atoms with Gasteiger partial charge in [0, 0.05) is 19.8 Å². The summed E-state index contributed by atoms with van der Waals surface area (Å²) in [5, 5.41) is 0. The highest BCUT2D eigenvalue weighted by atomic mass is 28.3. The Labute approximate surface area is 95.4 Å². The Bertz CT molecular complexity index is 136. The fourth-order valence-electron chi connectivity index (χ4n) is 1.16. The summed E-state index contributed by atoms with van der Waals surface area (Å²) in [6, 6.07) is 0. The second kappa shape index (κ2) is 11.9. The molecule has 15 heavy (non-hydrogen) atoms. The SMILES string of the molecule is C=CCCCCCO[SiH](OCC)OCC. The van der Waals surface area contributed by atoms with Gasteiger partial charge in [-0.15, -0.1) is 6.58 Å². The van der Waals surface area contributed by atoms with Gasteiger partial charge in [0.1, 0.15) is 0 Å². The van der Waals surface area contributed by atoms with Crippen LogP contribution in [-0.4, -0.2) is 29.3 Å². The molecule has 0 heterocycles. The second-order valence-corrected chi connectivity index (χ2v) is 4.79. The largest absolute Gasteiger partial charge is 0.484 e. The first-order valence-corrected chi connectivity index (χ1v) is 7.22. The lowest BCUT2D eigenvalue weighted by Gasteiger charge is -2.14. The molecule has 0 aliphatic rings. The maximum Gasteiger partial charge on any atom is 0.484 e. The molecule has 0 aromatic carbocycles. The molecule has 0 saturated heterocycles. The third kappa shape index (κ3) is 10.1. The van der Waals surface area contributed by atoms with Crippen molar-refractivity contribution in [3.8, 4) is 0 Å². The minimum atomic E-state index is -1.81. The molecule has 0 fully saturated rings. The zero-order valence-electron chi connectivity index (χ0n) is 10.0. The van der Waals surface area contributed by atoms with E-state index in [1.165, 1.54) is 12.8 Å². The molecule has 0 spiro atoms. The van der Waals surface area contributed by atoms with Crippen LogP contribution in [0.5, 0.6) is 0 Å². The van der Waals surface area contributed by atoms with Crippen molar-refractivity contribution >= 4 is 9.53 Å². The van der Waals surface area contributed by atoms with Crippen molar-refractivity contribution in [3.05, 3.63) is 12.7 Å². The van der Waals surface area contributed by atoms with Gasteiger partial charge in [-0.25, -0.2) is 0 Å². The zero-order chi connectivity index (χ0) is 11.4. The van der Waals surface area contributed by atoms with E-state index in [2.05, 4.69) is 6.58 Å². The molecule has 0 saturated carbocycles. The van der Waals surface area contributed by atoms with Gasteiger partial charge in [-0.05, 0) is 33.1 Å². The standard InChI is InChI=1S/C11H24O3Si/c1-4-7-8-9-10-11-14-15(12-5-2)13-6-3/h4,15H,1,5-11H2,2-3H3. The molecule has 90 valence electrons. The lowest BCUT2D eigenvalue weighted by Crippen LogP contribution is -2.27. The molecule has 0 bridgehead atoms. The monoisotopic (exact) mass is 232 g/mol. The molecule has 0 N–H and O–H groups in total. The normalized spacial score (nSPS) is 10.9. The molecule has 0 aromatic rings. The van der Waals surface area contributed by atoms with Gasteiger partial charge >= 0.3 is 9.53 Å². The summed E-state index contributed by atoms with van der Waals surface area (Å²) >= 11 is 0. The van der Waals surface area contributed by atoms with E-state index in [1.807, 2.05) is 19.9 Å². The van der Waals surface area contributed by atoms with Crippen LogP contribution in [0.3, 0.4) is 0 Å². The van der Waals surface area contributed by atoms with Crippen LogP contribution in [0.2, 0.25) is 0 Å². The quantitative estimate of drug-likeness (QED) is 0.311. The average molecular weight is 232 g/mol. The Kier molecular flexibility index (Phi) is 11.8. The summed E-state index contributed by atoms with van der Waals surface area (Å²) in [7, 11) is -1.81. The van der Waals surface area contributed by atoms with Crippen molar-refractivity contribution < 1.29 is 13.3 Å². The third-order valence-corrected chi connectivity index (χ3v) is 3.63. The minimum Gasteiger partial charge on any atom is -0.376 e. The fraction of sp³-hybridized carbons (Fsp3) is 0.818. The first-order valence-electron chi connectivity index (χ1n) is 5.80. The van der Waals surface area contributed by atoms with Gasteiger partial charge in [0.2, 0.25) is 0 Å². The van der Waals surface area contributed by atoms with Crippen LogP contribution in [0.1, 0.15) is 39.5 Å². The maximum atomic E-state index is 5.57. The van der Waals surface area contributed by atoms with Crippen molar-refractivity contribution in [1.29, 1.82) is 0 Å². The summed E-state index contributed by atoms with van der Waals surface area (Å²) in [5.74, 6) is 0. The van der Waals surface area contributed by atoms with E-state index in [4.69, 9.17) is 13.3 Å². The molecular formula is C11H24O3Si. The molecule has 3 nitrogen and oxygen atoms in total. The Morgan fingerprint density at radius 2 is 1.67 bits per heavy atom. The van der Waals surface area contributed by atoms with E-state index in [0.717, 1.165) is 19.4 Å². The number of hydrogen-bond acceptors (Lipinski definition) is 3. The fourth-order valence-corrected chi connectivity index (χ4v) is 2.36. The van der Waals surface area contributed by atoms with Gasteiger partial charge < -0.3 is 13.3 Å². The molecule has 0 radical (unpaired) electrons. The van der Waals surface area contributed by atoms with Gasteiger partial charge in [0.05, 0.1) is 0 Å². The molecule has 4 heteroatoms. The van der Waals surface area contributed by atoms with Crippen molar-refractivity contribution in [3.63, 3.8) is 0 Å². The Hall–Kier alpha value is -0.163. The van der Waals surface area contributed by atoms with E-state index in [-0.39, 0.29) is 0 Å². The molecule has 0 atom stereocenters. The van der Waals surface area contributed by atoms with E-state index in [0.29, 0.717) is 13.2 Å². The van der Waals surface area contributed by atoms with Gasteiger partial charge in [-0.2, -0.15) is 0 Å². The van der Waals surface area contributed by atoms with Gasteiger partial charge in [0.15, 0.2) is 0 Å². The topological polar surface area (TPSA) is 27.7 Å². The smallest absolute Gasteiger partial charge is 0.376 e. The summed E-state index contributed by atoms with van der Waals surface area (Å²) in [6.07, 6.45) is 6.52. The van der Waals surface area contributed by atoms with Crippen molar-refractivity contribution in [2.24, 2.45) is 0 Å². The highest BCUT2D eigenvalue weighted by molar-refractivity contribution is 6.36. The third-order valence-electron chi connectivity index (χ3n) is 1.91. The Morgan fingerprint density at radius 1 is 1.00 bits per heavy atom. The van der Waals surface area contributed by atoms with Gasteiger partial charge in [-0.1, -0.05) is 12.5 Å². The number of allylic oxidation sites excluding steroid dienone is 1. The van der Waals surface area contributed by atoms with Crippen molar-refractivity contribution in [2.75, 3.05) is 19.8 Å². The lowest BCUT2D eigenvalue weighted by atomic mass is 10.2. The van der Waals surface area contributed by atoms with Crippen LogP contribution >= 0.6 is 0 Å². The van der Waals surface area contributed by atoms with Crippen molar-refractivity contribution in [2.45, 2.75) is 39.5 Å². The van der Waals surface area contributed by atoms with E-state index in [1.54, 1.807) is 0 Å². The van der Waals surface area contributed by atoms with E-state index < -0.39 is 9.53 Å². The number of hydrogen-bond donors (Lipinski definition) is 0. The minimum absolute atomic E-state index is 0.674.